The number of carbonyl (C=O) groups is 1. The number of sulfonamides is 1. The minimum absolute atomic E-state index is 0.0640. The van der Waals surface area contributed by atoms with Crippen molar-refractivity contribution in [3.05, 3.63) is 111 Å². The molecule has 4 N–H and O–H groups in total. The van der Waals surface area contributed by atoms with Crippen molar-refractivity contribution < 1.29 is 35.9 Å². The van der Waals surface area contributed by atoms with Gasteiger partial charge in [-0.15, -0.1) is 0 Å². The second-order valence-electron chi connectivity index (χ2n) is 10.9. The molecule has 0 spiro atoms. The summed E-state index contributed by atoms with van der Waals surface area (Å²) in [6.07, 6.45) is -0.202. The molecule has 1 aliphatic carbocycles. The maximum Gasteiger partial charge on any atom is 0.490 e. The zero-order valence-electron chi connectivity index (χ0n) is 24.4. The number of nitrogens with zero attached hydrogens (tertiary/aromatic N) is 3. The van der Waals surface area contributed by atoms with Crippen molar-refractivity contribution >= 4 is 33.2 Å². The first-order valence-electron chi connectivity index (χ1n) is 14.2. The highest BCUT2D eigenvalue weighted by atomic mass is 32.2. The van der Waals surface area contributed by atoms with Crippen LogP contribution in [0.5, 0.6) is 0 Å². The lowest BCUT2D eigenvalue weighted by atomic mass is 10.1. The van der Waals surface area contributed by atoms with Gasteiger partial charge in [0.2, 0.25) is 0 Å². The number of benzene rings is 2. The SMILES string of the molecule is O=C(O)C(F)(F)F.O=c1c2c(n(CC3CC3)c(=O)n1Cc1ccccc1F)NC(Cc1ccc(NS(=O)(=O)c3cccnc3)cc1)N2. The Bertz CT molecular complexity index is 2000. The maximum atomic E-state index is 14.4. The number of anilines is 3. The number of aliphatic carboxylic acids is 1. The third-order valence-electron chi connectivity index (χ3n) is 7.31. The van der Waals surface area contributed by atoms with Gasteiger partial charge >= 0.3 is 17.8 Å². The van der Waals surface area contributed by atoms with Gasteiger partial charge in [-0.25, -0.2) is 22.4 Å². The third-order valence-corrected chi connectivity index (χ3v) is 8.68. The number of aromatic nitrogens is 3. The van der Waals surface area contributed by atoms with Gasteiger partial charge in [0, 0.05) is 36.6 Å². The summed E-state index contributed by atoms with van der Waals surface area (Å²) in [4.78, 5) is 39.6. The number of fused-ring (bicyclic) bond motifs is 1. The van der Waals surface area contributed by atoms with Crippen molar-refractivity contribution in [2.75, 3.05) is 15.4 Å². The molecule has 3 heterocycles. The predicted octanol–water partition coefficient (Wildman–Crippen LogP) is 3.84. The molecular weight excluding hydrogens is 648 g/mol. The van der Waals surface area contributed by atoms with Crippen LogP contribution in [0.1, 0.15) is 24.0 Å². The van der Waals surface area contributed by atoms with Gasteiger partial charge in [-0.1, -0.05) is 30.3 Å². The molecule has 248 valence electrons. The number of nitrogens with one attached hydrogen (secondary N) is 3. The van der Waals surface area contributed by atoms with E-state index < -0.39 is 39.2 Å². The lowest BCUT2D eigenvalue weighted by Gasteiger charge is -2.15. The Morgan fingerprint density at radius 3 is 2.28 bits per heavy atom. The topological polar surface area (TPSA) is 164 Å². The van der Waals surface area contributed by atoms with Crippen molar-refractivity contribution in [1.29, 1.82) is 0 Å². The van der Waals surface area contributed by atoms with Crippen LogP contribution in [0, 0.1) is 11.7 Å². The van der Waals surface area contributed by atoms with Crippen molar-refractivity contribution in [2.24, 2.45) is 5.92 Å². The van der Waals surface area contributed by atoms with E-state index >= 15 is 0 Å². The van der Waals surface area contributed by atoms with Crippen LogP contribution in [0.4, 0.5) is 34.8 Å². The largest absolute Gasteiger partial charge is 0.490 e. The van der Waals surface area contributed by atoms with Crippen LogP contribution >= 0.6 is 0 Å². The highest BCUT2D eigenvalue weighted by Gasteiger charge is 2.38. The molecule has 2 aliphatic rings. The highest BCUT2D eigenvalue weighted by molar-refractivity contribution is 7.92. The lowest BCUT2D eigenvalue weighted by molar-refractivity contribution is -0.192. The quantitative estimate of drug-likeness (QED) is 0.193. The number of carboxylic acids is 1. The van der Waals surface area contributed by atoms with Gasteiger partial charge in [-0.3, -0.25) is 23.6 Å². The number of halogens is 4. The van der Waals surface area contributed by atoms with Gasteiger partial charge in [0.1, 0.15) is 28.4 Å². The van der Waals surface area contributed by atoms with Crippen molar-refractivity contribution in [3.8, 4) is 0 Å². The fourth-order valence-corrected chi connectivity index (χ4v) is 5.81. The molecule has 2 aromatic carbocycles. The molecule has 17 heteroatoms. The van der Waals surface area contributed by atoms with Crippen LogP contribution in [-0.4, -0.2) is 46.0 Å². The molecule has 1 fully saturated rings. The van der Waals surface area contributed by atoms with E-state index in [4.69, 9.17) is 9.90 Å². The average Bonchev–Trinajstić information content (AvgIpc) is 3.76. The number of alkyl halides is 3. The number of pyridine rings is 1. The minimum atomic E-state index is -5.08. The Labute approximate surface area is 264 Å². The van der Waals surface area contributed by atoms with Crippen LogP contribution in [0.15, 0.2) is 87.5 Å². The standard InChI is InChI=1S/C28H27FN6O4S.C2HF3O2/c29-23-6-2-1-4-20(23)17-35-27(36)25-26(34(28(35)37)16-19-7-8-19)32-24(31-25)14-18-9-11-21(12-10-18)33-40(38,39)22-5-3-13-30-15-22;3-2(4,5)1(6)7/h1-6,9-13,15,19,24,31-33H,7-8,14,16-17H2;(H,6,7). The van der Waals surface area contributed by atoms with Gasteiger partial charge in [-0.05, 0) is 54.7 Å². The number of rotatable bonds is 9. The van der Waals surface area contributed by atoms with Gasteiger partial charge in [0.25, 0.3) is 15.6 Å². The summed E-state index contributed by atoms with van der Waals surface area (Å²) < 4.78 is 76.4. The monoisotopic (exact) mass is 676 g/mol. The van der Waals surface area contributed by atoms with E-state index in [1.807, 2.05) is 0 Å². The van der Waals surface area contributed by atoms with E-state index in [1.165, 1.54) is 24.5 Å². The zero-order valence-corrected chi connectivity index (χ0v) is 25.2. The Balaban J connectivity index is 0.000000559. The molecule has 0 bridgehead atoms. The smallest absolute Gasteiger partial charge is 0.475 e. The molecule has 1 atom stereocenters. The summed E-state index contributed by atoms with van der Waals surface area (Å²) in [5, 5.41) is 13.6. The first-order valence-corrected chi connectivity index (χ1v) is 15.7. The Hall–Kier alpha value is -5.19. The second kappa shape index (κ2) is 13.3. The summed E-state index contributed by atoms with van der Waals surface area (Å²) in [6, 6.07) is 16.0. The summed E-state index contributed by atoms with van der Waals surface area (Å²) in [5.74, 6) is -2.42. The minimum Gasteiger partial charge on any atom is -0.475 e. The summed E-state index contributed by atoms with van der Waals surface area (Å²) in [5.41, 5.74) is 0.843. The van der Waals surface area contributed by atoms with Gasteiger partial charge in [-0.2, -0.15) is 13.2 Å². The van der Waals surface area contributed by atoms with Crippen LogP contribution in [-0.2, 0) is 34.3 Å². The molecular formula is C30H28F4N6O6S. The van der Waals surface area contributed by atoms with Crippen molar-refractivity contribution in [3.63, 3.8) is 0 Å². The molecule has 1 aliphatic heterocycles. The van der Waals surface area contributed by atoms with Gasteiger partial charge in [0.15, 0.2) is 0 Å². The number of hydrogen-bond donors (Lipinski definition) is 4. The summed E-state index contributed by atoms with van der Waals surface area (Å²) >= 11 is 0. The molecule has 1 unspecified atom stereocenters. The number of hydrogen-bond acceptors (Lipinski definition) is 8. The Morgan fingerprint density at radius 2 is 1.68 bits per heavy atom. The van der Waals surface area contributed by atoms with Crippen LogP contribution in [0.25, 0.3) is 0 Å². The van der Waals surface area contributed by atoms with E-state index in [9.17, 15) is 35.6 Å². The summed E-state index contributed by atoms with van der Waals surface area (Å²) in [6.45, 7) is 0.316. The first-order chi connectivity index (χ1) is 22.2. The van der Waals surface area contributed by atoms with Crippen LogP contribution < -0.4 is 26.6 Å². The third kappa shape index (κ3) is 7.97. The molecule has 4 aromatic rings. The summed E-state index contributed by atoms with van der Waals surface area (Å²) in [7, 11) is -3.76. The van der Waals surface area contributed by atoms with Gasteiger partial charge < -0.3 is 15.7 Å². The number of carboxylic acid groups (broad SMARTS) is 1. The highest BCUT2D eigenvalue weighted by Crippen LogP contribution is 2.33. The fourth-order valence-electron chi connectivity index (χ4n) is 4.79. The first kappa shape index (κ1) is 33.2. The van der Waals surface area contributed by atoms with E-state index in [0.717, 1.165) is 23.0 Å². The van der Waals surface area contributed by atoms with E-state index in [0.29, 0.717) is 30.4 Å². The van der Waals surface area contributed by atoms with Crippen LogP contribution in [0.3, 0.4) is 0 Å². The van der Waals surface area contributed by atoms with E-state index in [1.54, 1.807) is 53.1 Å². The Morgan fingerprint density at radius 1 is 1.00 bits per heavy atom. The van der Waals surface area contributed by atoms with E-state index in [-0.39, 0.29) is 28.9 Å². The second-order valence-corrected chi connectivity index (χ2v) is 12.6. The molecule has 12 nitrogen and oxygen atoms in total. The maximum absolute atomic E-state index is 14.4. The normalized spacial score (nSPS) is 15.4. The zero-order chi connectivity index (χ0) is 33.9. The molecule has 0 radical (unpaired) electrons. The molecule has 1 saturated carbocycles. The van der Waals surface area contributed by atoms with Gasteiger partial charge in [0.05, 0.1) is 6.54 Å². The van der Waals surface area contributed by atoms with Crippen LogP contribution in [0.2, 0.25) is 0 Å². The molecule has 2 aromatic heterocycles. The predicted molar refractivity (Wildman–Crippen MR) is 163 cm³/mol. The molecule has 0 amide bonds. The van der Waals surface area contributed by atoms with Crippen molar-refractivity contribution in [2.45, 2.75) is 49.6 Å². The molecule has 47 heavy (non-hydrogen) atoms. The Kier molecular flexibility index (Phi) is 9.37. The van der Waals surface area contributed by atoms with E-state index in [2.05, 4.69) is 20.3 Å². The lowest BCUT2D eigenvalue weighted by Crippen LogP contribution is -2.41. The van der Waals surface area contributed by atoms with Crippen molar-refractivity contribution in [1.82, 2.24) is 14.1 Å². The molecule has 0 saturated heterocycles. The fraction of sp³-hybridized carbons (Fsp3) is 0.267. The average molecular weight is 677 g/mol. The molecule has 6 rings (SSSR count).